The molecular formula is C51H66O3Si. The predicted molar refractivity (Wildman–Crippen MR) is 238 cm³/mol. The second kappa shape index (κ2) is 21.5. The van der Waals surface area contributed by atoms with Crippen LogP contribution in [0.3, 0.4) is 0 Å². The Balaban J connectivity index is 1.20. The number of hydrogen-bond acceptors (Lipinski definition) is 3. The molecule has 292 valence electrons. The Morgan fingerprint density at radius 3 is 1.24 bits per heavy atom. The molecule has 5 aromatic rings. The smallest absolute Gasteiger partial charge is 0.370 e. The lowest BCUT2D eigenvalue weighted by atomic mass is 9.91. The van der Waals surface area contributed by atoms with Crippen molar-refractivity contribution in [2.45, 2.75) is 119 Å². The van der Waals surface area contributed by atoms with Gasteiger partial charge in [-0.05, 0) is 121 Å². The summed E-state index contributed by atoms with van der Waals surface area (Å²) < 4.78 is 18.4. The highest BCUT2D eigenvalue weighted by molar-refractivity contribution is 6.75. The summed E-state index contributed by atoms with van der Waals surface area (Å²) >= 11 is 0. The van der Waals surface area contributed by atoms with Crippen molar-refractivity contribution in [2.24, 2.45) is 0 Å². The molecule has 3 nitrogen and oxygen atoms in total. The molecule has 0 N–H and O–H groups in total. The Bertz CT molecular complexity index is 1890. The van der Waals surface area contributed by atoms with Gasteiger partial charge >= 0.3 is 8.80 Å². The number of rotatable bonds is 22. The van der Waals surface area contributed by atoms with Crippen molar-refractivity contribution in [3.05, 3.63) is 125 Å². The fourth-order valence-electron chi connectivity index (χ4n) is 7.97. The Hall–Kier alpha value is -3.80. The molecule has 0 fully saturated rings. The molecule has 5 aromatic carbocycles. The van der Waals surface area contributed by atoms with Gasteiger partial charge in [-0.2, -0.15) is 0 Å². The highest BCUT2D eigenvalue weighted by Gasteiger charge is 2.43. The third-order valence-corrected chi connectivity index (χ3v) is 14.0. The summed E-state index contributed by atoms with van der Waals surface area (Å²) in [4.78, 5) is 0. The molecule has 0 aliphatic heterocycles. The minimum atomic E-state index is -2.93. The molecule has 0 saturated heterocycles. The van der Waals surface area contributed by atoms with Crippen LogP contribution in [0.1, 0.15) is 114 Å². The third kappa shape index (κ3) is 11.4. The molecule has 0 saturated carbocycles. The van der Waals surface area contributed by atoms with Crippen molar-refractivity contribution in [3.8, 4) is 44.5 Å². The summed E-state index contributed by atoms with van der Waals surface area (Å²) in [6.07, 6.45) is 15.0. The Kier molecular flexibility index (Phi) is 16.5. The first kappa shape index (κ1) is 42.3. The first-order chi connectivity index (χ1) is 26.8. The predicted octanol–water partition coefficient (Wildman–Crippen LogP) is 14.0. The number of unbranched alkanes of at least 4 members (excludes halogenated alkanes) is 9. The molecule has 0 bridgehead atoms. The molecule has 0 aromatic heterocycles. The van der Waals surface area contributed by atoms with Crippen LogP contribution in [0.15, 0.2) is 103 Å². The van der Waals surface area contributed by atoms with Crippen LogP contribution in [0.25, 0.3) is 44.5 Å². The molecule has 0 amide bonds. The van der Waals surface area contributed by atoms with Crippen LogP contribution in [-0.2, 0) is 19.7 Å². The van der Waals surface area contributed by atoms with Crippen molar-refractivity contribution < 1.29 is 13.3 Å². The van der Waals surface area contributed by atoms with E-state index >= 15 is 0 Å². The molecule has 0 heterocycles. The van der Waals surface area contributed by atoms with Gasteiger partial charge in [-0.15, -0.1) is 0 Å². The fraction of sp³-hybridized carbons (Fsp3) is 0.412. The van der Waals surface area contributed by atoms with E-state index in [0.29, 0.717) is 19.8 Å². The second-order valence-electron chi connectivity index (χ2n) is 15.2. The van der Waals surface area contributed by atoms with E-state index in [1.165, 1.54) is 132 Å². The molecular weight excluding hydrogens is 689 g/mol. The quantitative estimate of drug-likeness (QED) is 0.0520. The summed E-state index contributed by atoms with van der Waals surface area (Å²) in [5.74, 6) is 0. The van der Waals surface area contributed by atoms with Crippen LogP contribution in [0.2, 0.25) is 0 Å². The van der Waals surface area contributed by atoms with Crippen LogP contribution in [-0.4, -0.2) is 28.6 Å². The Morgan fingerprint density at radius 2 is 0.782 bits per heavy atom. The van der Waals surface area contributed by atoms with Crippen LogP contribution >= 0.6 is 0 Å². The van der Waals surface area contributed by atoms with Gasteiger partial charge in [-0.3, -0.25) is 0 Å². The molecule has 0 aliphatic rings. The van der Waals surface area contributed by atoms with Gasteiger partial charge in [-0.1, -0.05) is 168 Å². The van der Waals surface area contributed by atoms with Crippen molar-refractivity contribution in [1.29, 1.82) is 0 Å². The summed E-state index contributed by atoms with van der Waals surface area (Å²) in [6.45, 7) is 16.6. The van der Waals surface area contributed by atoms with E-state index in [2.05, 4.69) is 131 Å². The van der Waals surface area contributed by atoms with Gasteiger partial charge in [0.1, 0.15) is 0 Å². The van der Waals surface area contributed by atoms with E-state index in [-0.39, 0.29) is 0 Å². The van der Waals surface area contributed by atoms with Crippen molar-refractivity contribution >= 4 is 14.0 Å². The molecule has 0 spiro atoms. The van der Waals surface area contributed by atoms with Crippen LogP contribution in [0.5, 0.6) is 0 Å². The van der Waals surface area contributed by atoms with E-state index in [1.54, 1.807) is 0 Å². The summed E-state index contributed by atoms with van der Waals surface area (Å²) in [5, 5.41) is 0.999. The van der Waals surface area contributed by atoms with Gasteiger partial charge < -0.3 is 13.3 Å². The maximum absolute atomic E-state index is 6.13. The van der Waals surface area contributed by atoms with Crippen molar-refractivity contribution in [1.82, 2.24) is 0 Å². The van der Waals surface area contributed by atoms with Gasteiger partial charge in [0.15, 0.2) is 0 Å². The topological polar surface area (TPSA) is 27.7 Å². The number of benzene rings is 5. The molecule has 4 heteroatoms. The first-order valence-corrected chi connectivity index (χ1v) is 23.0. The van der Waals surface area contributed by atoms with Crippen molar-refractivity contribution in [2.75, 3.05) is 19.8 Å². The minimum absolute atomic E-state index is 0.551. The number of aryl methyl sites for hydroxylation is 4. The standard InChI is InChI=1S/C51H66O3Si/c1-8-12-13-14-15-16-17-18-19-20-21-42-22-33-49(39(5)36-42)45-25-23-43(24-26-45)46-29-34-50(40(6)37-46)51-35-30-47(38-41(51)7)44-27-31-48(32-28-44)55(52-9-2,53-10-3)54-11-4/h22-38H,8-21H2,1-7H3. The van der Waals surface area contributed by atoms with E-state index in [1.807, 2.05) is 20.8 Å². The SMILES string of the molecule is CCCCCCCCCCCCc1ccc(-c2ccc(-c3ccc(-c4ccc(-c5ccc([Si](OCC)(OCC)OCC)cc5)cc4C)c(C)c3)cc2)c(C)c1. The molecule has 5 rings (SSSR count). The second-order valence-corrected chi connectivity index (χ2v) is 17.7. The zero-order chi connectivity index (χ0) is 39.0. The maximum Gasteiger partial charge on any atom is 0.537 e. The monoisotopic (exact) mass is 754 g/mol. The van der Waals surface area contributed by atoms with Crippen LogP contribution in [0, 0.1) is 20.8 Å². The zero-order valence-electron chi connectivity index (χ0n) is 34.9. The van der Waals surface area contributed by atoms with E-state index in [0.717, 1.165) is 10.8 Å². The molecule has 0 aliphatic carbocycles. The van der Waals surface area contributed by atoms with Gasteiger partial charge in [-0.25, -0.2) is 0 Å². The summed E-state index contributed by atoms with van der Waals surface area (Å²) in [7, 11) is -2.93. The Morgan fingerprint density at radius 1 is 0.382 bits per heavy atom. The summed E-state index contributed by atoms with van der Waals surface area (Å²) in [5.41, 5.74) is 15.4. The lowest BCUT2D eigenvalue weighted by Gasteiger charge is -2.28. The van der Waals surface area contributed by atoms with Gasteiger partial charge in [0.2, 0.25) is 0 Å². The number of hydrogen-bond donors (Lipinski definition) is 0. The van der Waals surface area contributed by atoms with Gasteiger partial charge in [0, 0.05) is 25.0 Å². The molecule has 55 heavy (non-hydrogen) atoms. The summed E-state index contributed by atoms with van der Waals surface area (Å²) in [6, 6.07) is 38.4. The lowest BCUT2D eigenvalue weighted by molar-refractivity contribution is 0.0859. The van der Waals surface area contributed by atoms with Gasteiger partial charge in [0.25, 0.3) is 0 Å². The third-order valence-electron chi connectivity index (χ3n) is 11.0. The van der Waals surface area contributed by atoms with E-state index in [4.69, 9.17) is 13.3 Å². The van der Waals surface area contributed by atoms with Crippen molar-refractivity contribution in [3.63, 3.8) is 0 Å². The van der Waals surface area contributed by atoms with E-state index < -0.39 is 8.80 Å². The maximum atomic E-state index is 6.13. The normalized spacial score (nSPS) is 11.7. The Labute approximate surface area is 334 Å². The first-order valence-electron chi connectivity index (χ1n) is 21.3. The van der Waals surface area contributed by atoms with Crippen LogP contribution in [0.4, 0.5) is 0 Å². The highest BCUT2D eigenvalue weighted by Crippen LogP contribution is 2.34. The van der Waals surface area contributed by atoms with Crippen LogP contribution < -0.4 is 5.19 Å². The van der Waals surface area contributed by atoms with Gasteiger partial charge in [0.05, 0.1) is 0 Å². The average Bonchev–Trinajstić information content (AvgIpc) is 3.19. The highest BCUT2D eigenvalue weighted by atomic mass is 28.4. The zero-order valence-corrected chi connectivity index (χ0v) is 35.9. The molecule has 0 radical (unpaired) electrons. The lowest BCUT2D eigenvalue weighted by Crippen LogP contribution is -2.56. The molecule has 0 atom stereocenters. The molecule has 0 unspecified atom stereocenters. The average molecular weight is 755 g/mol. The largest absolute Gasteiger partial charge is 0.537 e. The van der Waals surface area contributed by atoms with E-state index in [9.17, 15) is 0 Å². The minimum Gasteiger partial charge on any atom is -0.370 e. The fourth-order valence-corrected chi connectivity index (χ4v) is 10.4.